The quantitative estimate of drug-likeness (QED) is 0.0629. The summed E-state index contributed by atoms with van der Waals surface area (Å²) in [7, 11) is -2.47. The molecule has 9 rings (SSSR count). The van der Waals surface area contributed by atoms with Crippen LogP contribution in [0.5, 0.6) is 11.5 Å². The van der Waals surface area contributed by atoms with Crippen LogP contribution in [0, 0.1) is 5.92 Å². The summed E-state index contributed by atoms with van der Waals surface area (Å²) in [6.07, 6.45) is 0.589. The van der Waals surface area contributed by atoms with Gasteiger partial charge in [0.1, 0.15) is 30.8 Å². The molecule has 5 aromatic carbocycles. The summed E-state index contributed by atoms with van der Waals surface area (Å²) in [5.41, 5.74) is 4.05. The van der Waals surface area contributed by atoms with Gasteiger partial charge in [0.05, 0.1) is 28.1 Å². The molecular formula is C50H53N5O10S. The van der Waals surface area contributed by atoms with Gasteiger partial charge in [-0.2, -0.15) is 4.31 Å². The minimum atomic E-state index is -3.89. The standard InChI is InChI=1S/C50H53N5O10S/c1-54(66(61,62)40-16-12-33(13-17-40)29-51-30-44(57)41-18-20-43(56)48-42(41)19-21-46(58)52-48)26-27-63-49(59)37-14-10-34(11-15-37)32-64-39-9-5-8-38(28-39)47(36-6-3-2-4-7-36)53-50(60)65-45-31-55-24-22-35(45)23-25-55/h2-21,28,35,44-45,47,51,56-57H,22-27,29-32H2,1H3,(H,52,58)(H,53,60)/t44-,45-,47-/m0/s1. The Bertz CT molecular complexity index is 2800. The number of rotatable bonds is 18. The number of sulfonamides is 1. The zero-order chi connectivity index (χ0) is 46.2. The number of aromatic nitrogens is 1. The highest BCUT2D eigenvalue weighted by Gasteiger charge is 2.37. The Balaban J connectivity index is 0.784. The fourth-order valence-corrected chi connectivity index (χ4v) is 9.62. The van der Waals surface area contributed by atoms with Crippen molar-refractivity contribution >= 4 is 33.0 Å². The maximum Gasteiger partial charge on any atom is 0.408 e. The number of phenols is 1. The number of aromatic hydroxyl groups is 1. The van der Waals surface area contributed by atoms with Gasteiger partial charge in [0.2, 0.25) is 15.6 Å². The van der Waals surface area contributed by atoms with Gasteiger partial charge in [-0.15, -0.1) is 0 Å². The number of nitrogens with one attached hydrogen (secondary N) is 3. The lowest BCUT2D eigenvalue weighted by molar-refractivity contribution is -0.0336. The van der Waals surface area contributed by atoms with Crippen LogP contribution in [0.4, 0.5) is 4.79 Å². The number of carbonyl (C=O) groups is 2. The smallest absolute Gasteiger partial charge is 0.408 e. The minimum absolute atomic E-state index is 0.0678. The molecule has 0 saturated carbocycles. The second-order valence-electron chi connectivity index (χ2n) is 16.7. The van der Waals surface area contributed by atoms with Gasteiger partial charge in [-0.3, -0.25) is 9.69 Å². The molecule has 66 heavy (non-hydrogen) atoms. The van der Waals surface area contributed by atoms with Gasteiger partial charge >= 0.3 is 12.1 Å². The zero-order valence-electron chi connectivity index (χ0n) is 36.5. The van der Waals surface area contributed by atoms with E-state index in [4.69, 9.17) is 14.2 Å². The number of hydrogen-bond donors (Lipinski definition) is 5. The number of fused-ring (bicyclic) bond motifs is 4. The monoisotopic (exact) mass is 915 g/mol. The van der Waals surface area contributed by atoms with E-state index in [1.54, 1.807) is 48.5 Å². The number of nitrogens with zero attached hydrogens (tertiary/aromatic N) is 2. The molecule has 0 spiro atoms. The molecular weight excluding hydrogens is 863 g/mol. The van der Waals surface area contributed by atoms with Crippen LogP contribution >= 0.6 is 0 Å². The van der Waals surface area contributed by atoms with Gasteiger partial charge in [0.15, 0.2) is 0 Å². The van der Waals surface area contributed by atoms with Gasteiger partial charge in [0, 0.05) is 44.7 Å². The summed E-state index contributed by atoms with van der Waals surface area (Å²) in [5, 5.41) is 27.7. The van der Waals surface area contributed by atoms with Gasteiger partial charge in [-0.25, -0.2) is 18.0 Å². The van der Waals surface area contributed by atoms with Crippen molar-refractivity contribution in [1.29, 1.82) is 0 Å². The maximum absolute atomic E-state index is 13.3. The van der Waals surface area contributed by atoms with Crippen molar-refractivity contribution in [1.82, 2.24) is 24.8 Å². The van der Waals surface area contributed by atoms with Crippen molar-refractivity contribution < 1.29 is 42.4 Å². The first-order valence-corrected chi connectivity index (χ1v) is 23.4. The fourth-order valence-electron chi connectivity index (χ4n) is 8.47. The number of alkyl carbamates (subject to hydrolysis) is 1. The number of likely N-dealkylation sites (N-methyl/N-ethyl adjacent to an activating group) is 1. The summed E-state index contributed by atoms with van der Waals surface area (Å²) in [6.45, 7) is 3.38. The molecule has 2 bridgehead atoms. The van der Waals surface area contributed by atoms with Crippen molar-refractivity contribution in [3.8, 4) is 11.5 Å². The van der Waals surface area contributed by atoms with E-state index in [0.29, 0.717) is 34.7 Å². The number of aliphatic hydroxyl groups excluding tert-OH is 1. The number of carbonyl (C=O) groups excluding carboxylic acids is 2. The molecule has 1 amide bonds. The molecule has 0 unspecified atom stereocenters. The van der Waals surface area contributed by atoms with Crippen LogP contribution in [-0.2, 0) is 32.6 Å². The van der Waals surface area contributed by atoms with Crippen LogP contribution in [0.3, 0.4) is 0 Å². The number of amides is 1. The largest absolute Gasteiger partial charge is 0.506 e. The molecule has 3 aliphatic heterocycles. The Morgan fingerprint density at radius 1 is 0.879 bits per heavy atom. The number of aliphatic hydroxyl groups is 1. The fraction of sp³-hybridized carbons (Fsp3) is 0.300. The third-order valence-corrected chi connectivity index (χ3v) is 14.1. The third kappa shape index (κ3) is 11.1. The molecule has 5 N–H and O–H groups in total. The second-order valence-corrected chi connectivity index (χ2v) is 18.7. The van der Waals surface area contributed by atoms with Crippen molar-refractivity contribution in [3.63, 3.8) is 0 Å². The average molecular weight is 916 g/mol. The molecule has 0 radical (unpaired) electrons. The van der Waals surface area contributed by atoms with Crippen LogP contribution < -0.4 is 20.9 Å². The van der Waals surface area contributed by atoms with Crippen molar-refractivity contribution in [2.75, 3.05) is 46.4 Å². The summed E-state index contributed by atoms with van der Waals surface area (Å²) < 4.78 is 45.3. The Morgan fingerprint density at radius 2 is 1.61 bits per heavy atom. The third-order valence-electron chi connectivity index (χ3n) is 12.2. The van der Waals surface area contributed by atoms with Gasteiger partial charge in [0.25, 0.3) is 0 Å². The molecule has 3 aliphatic rings. The number of benzene rings is 5. The number of piperidine rings is 3. The van der Waals surface area contributed by atoms with E-state index < -0.39 is 34.2 Å². The Hall–Kier alpha value is -6.56. The molecule has 344 valence electrons. The highest BCUT2D eigenvalue weighted by atomic mass is 32.2. The average Bonchev–Trinajstić information content (AvgIpc) is 3.33. The van der Waals surface area contributed by atoms with Crippen molar-refractivity contribution in [2.24, 2.45) is 5.92 Å². The van der Waals surface area contributed by atoms with E-state index in [0.717, 1.165) is 59.0 Å². The maximum atomic E-state index is 13.3. The molecule has 6 aromatic rings. The van der Waals surface area contributed by atoms with Gasteiger partial charge < -0.3 is 40.0 Å². The van der Waals surface area contributed by atoms with Crippen molar-refractivity contribution in [3.05, 3.63) is 171 Å². The van der Waals surface area contributed by atoms with Crippen LogP contribution in [0.15, 0.2) is 137 Å². The molecule has 4 heterocycles. The van der Waals surface area contributed by atoms with Gasteiger partial charge in [-0.1, -0.05) is 72.8 Å². The molecule has 3 saturated heterocycles. The first kappa shape index (κ1) is 46.0. The van der Waals surface area contributed by atoms with Crippen LogP contribution in [0.25, 0.3) is 10.9 Å². The predicted molar refractivity (Wildman–Crippen MR) is 248 cm³/mol. The first-order valence-electron chi connectivity index (χ1n) is 21.9. The summed E-state index contributed by atoms with van der Waals surface area (Å²) >= 11 is 0. The lowest BCUT2D eigenvalue weighted by atomic mass is 9.86. The number of phenolic OH excluding ortho intramolecular Hbond substituents is 1. The molecule has 15 nitrogen and oxygen atoms in total. The number of ether oxygens (including phenoxy) is 3. The van der Waals surface area contributed by atoms with Crippen LogP contribution in [-0.4, -0.2) is 97.4 Å². The highest BCUT2D eigenvalue weighted by Crippen LogP contribution is 2.32. The Labute approximate surface area is 383 Å². The highest BCUT2D eigenvalue weighted by molar-refractivity contribution is 7.89. The lowest BCUT2D eigenvalue weighted by Crippen LogP contribution is -2.52. The number of hydrogen-bond acceptors (Lipinski definition) is 12. The number of H-pyrrole nitrogens is 1. The van der Waals surface area contributed by atoms with E-state index in [-0.39, 0.29) is 54.1 Å². The predicted octanol–water partition coefficient (Wildman–Crippen LogP) is 6.02. The molecule has 3 fully saturated rings. The SMILES string of the molecule is CN(CCOC(=O)c1ccc(COc2cccc([C@@H](NC(=O)O[C@H]3CN4CCC3CC4)c3ccccc3)c2)cc1)S(=O)(=O)c1ccc(CNC[C@H](O)c2ccc(O)c3[nH]c(=O)ccc23)cc1. The lowest BCUT2D eigenvalue weighted by Gasteiger charge is -2.43. The van der Waals surface area contributed by atoms with Crippen LogP contribution in [0.2, 0.25) is 0 Å². The number of pyridine rings is 1. The molecule has 3 atom stereocenters. The second kappa shape index (κ2) is 20.7. The van der Waals surface area contributed by atoms with E-state index in [1.165, 1.54) is 31.3 Å². The Kier molecular flexibility index (Phi) is 14.4. The molecule has 1 aromatic heterocycles. The van der Waals surface area contributed by atoms with Crippen LogP contribution in [0.1, 0.15) is 63.2 Å². The first-order chi connectivity index (χ1) is 31.9. The Morgan fingerprint density at radius 3 is 2.33 bits per heavy atom. The topological polar surface area (TPSA) is 200 Å². The normalized spacial score (nSPS) is 17.8. The van der Waals surface area contributed by atoms with E-state index in [1.807, 2.05) is 54.6 Å². The number of esters is 1. The zero-order valence-corrected chi connectivity index (χ0v) is 37.3. The van der Waals surface area contributed by atoms with Crippen molar-refractivity contribution in [2.45, 2.75) is 49.1 Å². The molecule has 0 aliphatic carbocycles. The summed E-state index contributed by atoms with van der Waals surface area (Å²) in [6, 6.07) is 35.8. The van der Waals surface area contributed by atoms with E-state index in [2.05, 4.69) is 20.5 Å². The number of aromatic amines is 1. The van der Waals surface area contributed by atoms with E-state index in [9.17, 15) is 33.0 Å². The van der Waals surface area contributed by atoms with E-state index >= 15 is 0 Å². The summed E-state index contributed by atoms with van der Waals surface area (Å²) in [4.78, 5) is 42.9. The summed E-state index contributed by atoms with van der Waals surface area (Å²) in [5.74, 6) is 0.309. The van der Waals surface area contributed by atoms with Gasteiger partial charge in [-0.05, 0) is 108 Å². The minimum Gasteiger partial charge on any atom is -0.506 e. The molecule has 16 heteroatoms.